The first-order chi connectivity index (χ1) is 41.6. The van der Waals surface area contributed by atoms with Crippen molar-refractivity contribution < 1.29 is 8.78 Å². The minimum absolute atomic E-state index is 0.0503. The zero-order valence-corrected chi connectivity index (χ0v) is 50.3. The van der Waals surface area contributed by atoms with E-state index in [0.29, 0.717) is 42.1 Å². The first-order valence-corrected chi connectivity index (χ1v) is 34.9. The van der Waals surface area contributed by atoms with Crippen molar-refractivity contribution in [1.82, 2.24) is 4.90 Å². The smallest absolute Gasteiger partial charge is 0.123 e. The van der Waals surface area contributed by atoms with E-state index in [1.165, 1.54) is 50.1 Å². The van der Waals surface area contributed by atoms with Gasteiger partial charge in [-0.25, -0.2) is 8.78 Å². The third-order valence-corrected chi connectivity index (χ3v) is 26.9. The lowest BCUT2D eigenvalue weighted by molar-refractivity contribution is 0.112. The lowest BCUT2D eigenvalue weighted by Crippen LogP contribution is -2.45. The summed E-state index contributed by atoms with van der Waals surface area (Å²) in [6, 6.07) is 25.8. The molecule has 13 unspecified atom stereocenters. The Kier molecular flexibility index (Phi) is 13.6. The molecule has 11 aliphatic carbocycles. The van der Waals surface area contributed by atoms with Gasteiger partial charge in [-0.15, -0.1) is 6.58 Å². The van der Waals surface area contributed by atoms with Crippen LogP contribution in [0.3, 0.4) is 0 Å². The average molecular weight is 1130 g/mol. The third kappa shape index (κ3) is 8.55. The molecule has 0 aromatic heterocycles. The molecule has 1 saturated carbocycles. The predicted octanol–water partition coefficient (Wildman–Crippen LogP) is 19.7. The van der Waals surface area contributed by atoms with E-state index in [-0.39, 0.29) is 58.0 Å². The van der Waals surface area contributed by atoms with Crippen LogP contribution < -0.4 is 10.1 Å². The summed E-state index contributed by atoms with van der Waals surface area (Å²) in [6.07, 6.45) is 72.3. The first kappa shape index (κ1) is 54.1. The highest BCUT2D eigenvalue weighted by molar-refractivity contribution is 6.92. The van der Waals surface area contributed by atoms with Crippen molar-refractivity contribution in [2.24, 2.45) is 58.7 Å². The monoisotopic (exact) mass is 1130 g/mol. The van der Waals surface area contributed by atoms with Gasteiger partial charge in [0.05, 0.1) is 8.07 Å². The van der Waals surface area contributed by atoms with Gasteiger partial charge in [-0.3, -0.25) is 0 Å². The van der Waals surface area contributed by atoms with Crippen LogP contribution in [0.4, 0.5) is 20.2 Å². The van der Waals surface area contributed by atoms with Crippen molar-refractivity contribution in [3.63, 3.8) is 0 Å². The van der Waals surface area contributed by atoms with E-state index >= 15 is 8.78 Å². The second kappa shape index (κ2) is 21.4. The van der Waals surface area contributed by atoms with E-state index < -0.39 is 8.07 Å². The van der Waals surface area contributed by atoms with Gasteiger partial charge in [0.2, 0.25) is 0 Å². The normalized spacial score (nSPS) is 33.9. The third-order valence-electron chi connectivity index (χ3n) is 22.6. The van der Waals surface area contributed by atoms with Crippen molar-refractivity contribution in [3.8, 4) is 0 Å². The summed E-state index contributed by atoms with van der Waals surface area (Å²) in [5, 5.41) is 1.53. The molecular weight excluding hydrogens is 1050 g/mol. The Balaban J connectivity index is 0.854. The Hall–Kier alpha value is -7.60. The van der Waals surface area contributed by atoms with E-state index in [9.17, 15) is 0 Å². The van der Waals surface area contributed by atoms with Gasteiger partial charge < -0.3 is 9.80 Å². The van der Waals surface area contributed by atoms with Gasteiger partial charge in [-0.1, -0.05) is 207 Å². The summed E-state index contributed by atoms with van der Waals surface area (Å²) < 4.78 is 30.4. The quantitative estimate of drug-likeness (QED) is 0.132. The zero-order chi connectivity index (χ0) is 57.6. The number of hydrogen-bond acceptors (Lipinski definition) is 2. The van der Waals surface area contributed by atoms with Gasteiger partial charge in [0.15, 0.2) is 0 Å². The number of hydrogen-bond donors (Lipinski definition) is 0. The predicted molar refractivity (Wildman–Crippen MR) is 351 cm³/mol. The summed E-state index contributed by atoms with van der Waals surface area (Å²) >= 11 is 0. The van der Waals surface area contributed by atoms with Gasteiger partial charge in [0.25, 0.3) is 0 Å². The summed E-state index contributed by atoms with van der Waals surface area (Å²) in [5.41, 5.74) is 15.4. The van der Waals surface area contributed by atoms with Gasteiger partial charge >= 0.3 is 0 Å². The summed E-state index contributed by atoms with van der Waals surface area (Å²) in [4.78, 5) is 5.01. The molecule has 1 aliphatic heterocycles. The Morgan fingerprint density at radius 2 is 1.40 bits per heavy atom. The second-order valence-corrected chi connectivity index (χ2v) is 31.4. The lowest BCUT2D eigenvalue weighted by atomic mass is 9.53. The Bertz CT molecular complexity index is 3830. The van der Waals surface area contributed by atoms with Crippen LogP contribution in [0.1, 0.15) is 74.8 Å². The molecule has 0 bridgehead atoms. The van der Waals surface area contributed by atoms with Crippen LogP contribution in [0.2, 0.25) is 18.6 Å². The van der Waals surface area contributed by atoms with Crippen molar-refractivity contribution in [2.75, 3.05) is 4.90 Å². The zero-order valence-electron chi connectivity index (χ0n) is 49.3. The van der Waals surface area contributed by atoms with Crippen LogP contribution >= 0.6 is 0 Å². The SMILES string of the molecule is C=CC1=CCC(C2(C3C=CC=CC3)C3=C(C=CCC3)C3C=CC(N(C4=CC=C(F)CC4)C4=CC5c6cc(N(C7=CC8C(C=C7)C7C=CC=CC7C8(C7=CCC(C=C)C=C7)c7ccccc7)c7ccc(F)cc7)ccc6[Si](C)(C)C5CC4)=CC32)C=C1. The number of fused-ring (bicyclic) bond motifs is 8. The maximum absolute atomic E-state index is 15.3. The van der Waals surface area contributed by atoms with Crippen LogP contribution in [-0.4, -0.2) is 13.0 Å². The Labute approximate surface area is 504 Å². The fourth-order valence-corrected chi connectivity index (χ4v) is 22.8. The highest BCUT2D eigenvalue weighted by atomic mass is 28.3. The number of allylic oxidation sites excluding steroid dienone is 34. The molecule has 1 heterocycles. The average Bonchev–Trinajstić information content (AvgIpc) is 3.28. The highest BCUT2D eigenvalue weighted by Crippen LogP contribution is 2.67. The minimum Gasteiger partial charge on any atom is -0.319 e. The van der Waals surface area contributed by atoms with Gasteiger partial charge in [0, 0.05) is 69.2 Å². The molecule has 0 radical (unpaired) electrons. The van der Waals surface area contributed by atoms with E-state index in [1.807, 2.05) is 18.2 Å². The first-order valence-electron chi connectivity index (χ1n) is 31.8. The van der Waals surface area contributed by atoms with Gasteiger partial charge in [0.1, 0.15) is 11.6 Å². The van der Waals surface area contributed by atoms with Gasteiger partial charge in [-0.2, -0.15) is 0 Å². The molecule has 3 aromatic carbocycles. The molecule has 426 valence electrons. The van der Waals surface area contributed by atoms with Crippen molar-refractivity contribution in [1.29, 1.82) is 0 Å². The topological polar surface area (TPSA) is 6.48 Å². The molecule has 5 heteroatoms. The molecule has 3 aromatic rings. The van der Waals surface area contributed by atoms with Crippen LogP contribution in [0.15, 0.2) is 301 Å². The molecule has 0 N–H and O–H groups in total. The van der Waals surface area contributed by atoms with E-state index in [1.54, 1.807) is 23.8 Å². The fourth-order valence-electron chi connectivity index (χ4n) is 18.9. The molecule has 15 rings (SSSR count). The lowest BCUT2D eigenvalue weighted by Gasteiger charge is -2.50. The number of rotatable bonds is 12. The van der Waals surface area contributed by atoms with Crippen molar-refractivity contribution >= 4 is 24.6 Å². The molecule has 0 saturated heterocycles. The van der Waals surface area contributed by atoms with Crippen molar-refractivity contribution in [3.05, 3.63) is 318 Å². The number of benzene rings is 3. The number of halogens is 2. The molecule has 0 spiro atoms. The van der Waals surface area contributed by atoms with E-state index in [2.05, 4.69) is 236 Å². The van der Waals surface area contributed by atoms with Crippen LogP contribution in [0.5, 0.6) is 0 Å². The van der Waals surface area contributed by atoms with Crippen molar-refractivity contribution in [2.45, 2.75) is 87.8 Å². The summed E-state index contributed by atoms with van der Waals surface area (Å²) in [6.45, 7) is 13.5. The van der Waals surface area contributed by atoms with Crippen LogP contribution in [0, 0.1) is 64.5 Å². The minimum atomic E-state index is -2.01. The van der Waals surface area contributed by atoms with Crippen LogP contribution in [-0.2, 0) is 5.41 Å². The molecule has 13 atom stereocenters. The summed E-state index contributed by atoms with van der Waals surface area (Å²) in [7, 11) is -2.01. The molecule has 0 amide bonds. The summed E-state index contributed by atoms with van der Waals surface area (Å²) in [5.74, 6) is 2.35. The molecule has 85 heavy (non-hydrogen) atoms. The van der Waals surface area contributed by atoms with E-state index in [0.717, 1.165) is 62.0 Å². The maximum atomic E-state index is 15.3. The Morgan fingerprint density at radius 1 is 0.612 bits per heavy atom. The molecule has 2 nitrogen and oxygen atoms in total. The van der Waals surface area contributed by atoms with Crippen LogP contribution in [0.25, 0.3) is 0 Å². The van der Waals surface area contributed by atoms with Gasteiger partial charge in [-0.05, 0) is 187 Å². The Morgan fingerprint density at radius 3 is 2.16 bits per heavy atom. The molecular formula is C80H78F2N2Si. The highest BCUT2D eigenvalue weighted by Gasteiger charge is 2.61. The molecule has 12 aliphatic rings. The second-order valence-electron chi connectivity index (χ2n) is 26.6. The fraction of sp³-hybridized carbons (Fsp3) is 0.300. The van der Waals surface area contributed by atoms with E-state index in [4.69, 9.17) is 0 Å². The number of anilines is 2. The number of nitrogens with zero attached hydrogens (tertiary/aromatic N) is 2. The standard InChI is InChI=1S/C80H78F2N2Si/c1-5-53-25-29-57(30-26-53)79(55-17-9-7-10-18-55)73-23-15-13-21-67(73)69-45-41-65(51-75(69)79)83(61-37-33-59(81)34-38-61)63-43-47-77-71(49-63)72-50-64(44-48-78(72)85(77,3)4)84(62-39-35-60(82)36-40-62)66-42-46-70-68-22-14-16-24-74(68)80(76(70)52-66,56-19-11-8-12-20-56)58-31-27-54(6-2)28-32-58/h5-15,17-19,21-23,25,27-31,33-35,37-39,41-43,45-47,49-53,56,58,67,69-70,72-73,75-76,78H,1-2,16,20,24,26,32,36,40,44,48H2,3-4H3. The maximum Gasteiger partial charge on any atom is 0.123 e. The largest absolute Gasteiger partial charge is 0.319 e. The molecule has 1 fully saturated rings.